The van der Waals surface area contributed by atoms with Crippen LogP contribution in [0.15, 0.2) is 35.9 Å². The van der Waals surface area contributed by atoms with Crippen LogP contribution < -0.4 is 0 Å². The van der Waals surface area contributed by atoms with Crippen molar-refractivity contribution in [2.45, 2.75) is 60.8 Å². The molecule has 1 aromatic carbocycles. The number of aryl methyl sites for hydroxylation is 1. The second-order valence-corrected chi connectivity index (χ2v) is 4.93. The van der Waals surface area contributed by atoms with E-state index >= 15 is 0 Å². The highest BCUT2D eigenvalue weighted by molar-refractivity contribution is 5.26. The van der Waals surface area contributed by atoms with Crippen LogP contribution in [0.2, 0.25) is 0 Å². The summed E-state index contributed by atoms with van der Waals surface area (Å²) in [5, 5.41) is 0. The van der Waals surface area contributed by atoms with Crippen molar-refractivity contribution >= 4 is 0 Å². The van der Waals surface area contributed by atoms with Gasteiger partial charge in [-0.3, -0.25) is 0 Å². The van der Waals surface area contributed by atoms with Crippen LogP contribution in [0.4, 0.5) is 0 Å². The van der Waals surface area contributed by atoms with Gasteiger partial charge in [0.05, 0.1) is 0 Å². The summed E-state index contributed by atoms with van der Waals surface area (Å²) in [6.07, 6.45) is 4.70. The van der Waals surface area contributed by atoms with Crippen molar-refractivity contribution in [1.82, 2.24) is 0 Å². The van der Waals surface area contributed by atoms with Gasteiger partial charge in [0.25, 0.3) is 0 Å². The van der Waals surface area contributed by atoms with Gasteiger partial charge in [-0.05, 0) is 44.1 Å². The first kappa shape index (κ1) is 17.0. The summed E-state index contributed by atoms with van der Waals surface area (Å²) in [5.74, 6) is 1.31. The van der Waals surface area contributed by atoms with Gasteiger partial charge in [-0.1, -0.05) is 69.7 Å². The molecular formula is C18H30. The molecule has 0 saturated heterocycles. The van der Waals surface area contributed by atoms with Gasteiger partial charge < -0.3 is 0 Å². The Hall–Kier alpha value is -1.04. The zero-order valence-electron chi connectivity index (χ0n) is 12.0. The third-order valence-electron chi connectivity index (χ3n) is 3.90. The van der Waals surface area contributed by atoms with Gasteiger partial charge in [0.1, 0.15) is 0 Å². The summed E-state index contributed by atoms with van der Waals surface area (Å²) in [4.78, 5) is 0. The van der Waals surface area contributed by atoms with Gasteiger partial charge in [0.2, 0.25) is 0 Å². The smallest absolute Gasteiger partial charge is 0.0125 e. The Labute approximate surface area is 114 Å². The lowest BCUT2D eigenvalue weighted by atomic mass is 9.79. The molecule has 0 aliphatic heterocycles. The average molecular weight is 246 g/mol. The molecule has 1 aromatic rings. The minimum atomic E-state index is 0. The Bertz CT molecular complexity index is 356. The van der Waals surface area contributed by atoms with Crippen molar-refractivity contribution in [3.05, 3.63) is 47.0 Å². The molecule has 0 nitrogen and oxygen atoms in total. The van der Waals surface area contributed by atoms with Crippen LogP contribution in [0.25, 0.3) is 0 Å². The molecule has 0 bridgehead atoms. The first-order valence-corrected chi connectivity index (χ1v) is 6.85. The Kier molecular flexibility index (Phi) is 7.66. The topological polar surface area (TPSA) is 0 Å². The Morgan fingerprint density at radius 1 is 1.17 bits per heavy atom. The highest BCUT2D eigenvalue weighted by atomic mass is 14.2. The Morgan fingerprint density at radius 2 is 1.72 bits per heavy atom. The van der Waals surface area contributed by atoms with Gasteiger partial charge in [-0.15, -0.1) is 0 Å². The number of rotatable bonds is 5. The number of allylic oxidation sites excluding steroid dienone is 2. The molecule has 0 aromatic heterocycles. The molecule has 0 unspecified atom stereocenters. The zero-order chi connectivity index (χ0) is 12.8. The van der Waals surface area contributed by atoms with Crippen LogP contribution in [0.3, 0.4) is 0 Å². The van der Waals surface area contributed by atoms with Crippen LogP contribution in [0.5, 0.6) is 0 Å². The molecule has 18 heavy (non-hydrogen) atoms. The van der Waals surface area contributed by atoms with Crippen LogP contribution >= 0.6 is 0 Å². The number of benzene rings is 1. The van der Waals surface area contributed by atoms with Crippen molar-refractivity contribution in [2.24, 2.45) is 5.92 Å². The van der Waals surface area contributed by atoms with Crippen LogP contribution in [0, 0.1) is 12.8 Å². The molecular weight excluding hydrogens is 216 g/mol. The number of hydrogen-bond donors (Lipinski definition) is 0. The summed E-state index contributed by atoms with van der Waals surface area (Å²) in [5.41, 5.74) is 4.41. The van der Waals surface area contributed by atoms with Gasteiger partial charge in [-0.2, -0.15) is 0 Å². The maximum Gasteiger partial charge on any atom is -0.0125 e. The largest absolute Gasteiger partial charge is 0.0882 e. The molecule has 0 heteroatoms. The Balaban J connectivity index is 0.00000289. The first-order chi connectivity index (χ1) is 8.13. The first-order valence-electron chi connectivity index (χ1n) is 6.85. The molecule has 1 rings (SSSR count). The van der Waals surface area contributed by atoms with Crippen molar-refractivity contribution in [3.63, 3.8) is 0 Å². The Morgan fingerprint density at radius 3 is 2.11 bits per heavy atom. The third-order valence-corrected chi connectivity index (χ3v) is 3.90. The normalized spacial score (nSPS) is 14.8. The van der Waals surface area contributed by atoms with Crippen molar-refractivity contribution in [1.29, 1.82) is 0 Å². The van der Waals surface area contributed by atoms with E-state index < -0.39 is 0 Å². The summed E-state index contributed by atoms with van der Waals surface area (Å²) < 4.78 is 0. The summed E-state index contributed by atoms with van der Waals surface area (Å²) >= 11 is 0. The second kappa shape index (κ2) is 8.13. The summed E-state index contributed by atoms with van der Waals surface area (Å²) in [6, 6.07) is 9.01. The van der Waals surface area contributed by atoms with E-state index in [9.17, 15) is 0 Å². The minimum absolute atomic E-state index is 0. The fraction of sp³-hybridized carbons (Fsp3) is 0.556. The third kappa shape index (κ3) is 4.01. The SMILES string of the molecule is C.C/C=C(\CC)[C@@H](CC)[C@@H](C)c1ccc(C)cc1. The van der Waals surface area contributed by atoms with E-state index in [1.807, 2.05) is 0 Å². The molecule has 0 N–H and O–H groups in total. The molecule has 0 heterocycles. The number of hydrogen-bond acceptors (Lipinski definition) is 0. The van der Waals surface area contributed by atoms with Crippen LogP contribution in [-0.2, 0) is 0 Å². The van der Waals surface area contributed by atoms with E-state index in [1.165, 1.54) is 24.0 Å². The van der Waals surface area contributed by atoms with Gasteiger partial charge in [0, 0.05) is 0 Å². The lowest BCUT2D eigenvalue weighted by Crippen LogP contribution is -2.12. The maximum atomic E-state index is 2.36. The average Bonchev–Trinajstić information content (AvgIpc) is 2.36. The molecule has 102 valence electrons. The second-order valence-electron chi connectivity index (χ2n) is 4.93. The quantitative estimate of drug-likeness (QED) is 0.549. The van der Waals surface area contributed by atoms with E-state index in [4.69, 9.17) is 0 Å². The predicted molar refractivity (Wildman–Crippen MR) is 84.2 cm³/mol. The minimum Gasteiger partial charge on any atom is -0.0882 e. The van der Waals surface area contributed by atoms with Gasteiger partial charge in [0.15, 0.2) is 0 Å². The lowest BCUT2D eigenvalue weighted by Gasteiger charge is -2.25. The fourth-order valence-corrected chi connectivity index (χ4v) is 2.72. The van der Waals surface area contributed by atoms with Gasteiger partial charge in [-0.25, -0.2) is 0 Å². The van der Waals surface area contributed by atoms with E-state index in [0.29, 0.717) is 11.8 Å². The predicted octanol–water partition coefficient (Wildman–Crippen LogP) is 6.12. The maximum absolute atomic E-state index is 2.36. The van der Waals surface area contributed by atoms with Crippen molar-refractivity contribution < 1.29 is 0 Å². The van der Waals surface area contributed by atoms with Crippen molar-refractivity contribution in [2.75, 3.05) is 0 Å². The van der Waals surface area contributed by atoms with Crippen LogP contribution in [0.1, 0.15) is 65.0 Å². The van der Waals surface area contributed by atoms with Crippen molar-refractivity contribution in [3.8, 4) is 0 Å². The highest BCUT2D eigenvalue weighted by Crippen LogP contribution is 2.33. The van der Waals surface area contributed by atoms with E-state index in [0.717, 1.165) is 0 Å². The molecule has 2 atom stereocenters. The van der Waals surface area contributed by atoms with Gasteiger partial charge >= 0.3 is 0 Å². The molecule has 0 saturated carbocycles. The van der Waals surface area contributed by atoms with E-state index in [-0.39, 0.29) is 7.43 Å². The van der Waals surface area contributed by atoms with E-state index in [2.05, 4.69) is 65.0 Å². The monoisotopic (exact) mass is 246 g/mol. The van der Waals surface area contributed by atoms with E-state index in [1.54, 1.807) is 5.57 Å². The molecule has 0 radical (unpaired) electrons. The van der Waals surface area contributed by atoms with Crippen LogP contribution in [-0.4, -0.2) is 0 Å². The molecule has 0 amide bonds. The highest BCUT2D eigenvalue weighted by Gasteiger charge is 2.19. The zero-order valence-corrected chi connectivity index (χ0v) is 12.0. The summed E-state index contributed by atoms with van der Waals surface area (Å²) in [6.45, 7) is 11.2. The summed E-state index contributed by atoms with van der Waals surface area (Å²) in [7, 11) is 0. The molecule has 0 spiro atoms. The molecule has 0 aliphatic rings. The fourth-order valence-electron chi connectivity index (χ4n) is 2.72. The standard InChI is InChI=1S/C17H26.CH4/c1-6-15(7-2)17(8-3)14(5)16-11-9-13(4)10-12-16;/h6,9-12,14,17H,7-8H2,1-5H3;1H4/b15-6+;/t14-,17-;/m0./s1. The lowest BCUT2D eigenvalue weighted by molar-refractivity contribution is 0.486. The molecule has 0 aliphatic carbocycles. The molecule has 0 fully saturated rings.